The molecule has 1 aromatic heterocycles. The molecule has 68 valence electrons. The van der Waals surface area contributed by atoms with E-state index in [4.69, 9.17) is 0 Å². The van der Waals surface area contributed by atoms with E-state index < -0.39 is 0 Å². The second kappa shape index (κ2) is 3.24. The van der Waals surface area contributed by atoms with Crippen molar-refractivity contribution in [2.45, 2.75) is 17.6 Å². The Bertz CT molecular complexity index is 445. The molecule has 2 rings (SSSR count). The van der Waals surface area contributed by atoms with Crippen molar-refractivity contribution in [1.29, 1.82) is 0 Å². The van der Waals surface area contributed by atoms with Gasteiger partial charge in [0.15, 0.2) is 0 Å². The number of aromatic hydroxyl groups is 1. The molecule has 1 N–H and O–H groups in total. The Labute approximate surface area is 86.4 Å². The molecule has 0 unspecified atom stereocenters. The summed E-state index contributed by atoms with van der Waals surface area (Å²) in [6, 6.07) is 5.47. The highest BCUT2D eigenvalue weighted by Crippen LogP contribution is 2.35. The van der Waals surface area contributed by atoms with E-state index in [2.05, 4.69) is 19.6 Å². The number of thiol groups is 1. The number of hydrogen-bond acceptors (Lipinski definition) is 3. The molecule has 1 heterocycles. The van der Waals surface area contributed by atoms with Crippen molar-refractivity contribution in [2.24, 2.45) is 0 Å². The first-order valence-electron chi connectivity index (χ1n) is 4.15. The summed E-state index contributed by atoms with van der Waals surface area (Å²) >= 11 is 6.03. The third-order valence-electron chi connectivity index (χ3n) is 2.11. The molecule has 0 aliphatic heterocycles. The van der Waals surface area contributed by atoms with Gasteiger partial charge in [-0.3, -0.25) is 0 Å². The highest BCUT2D eigenvalue weighted by Gasteiger charge is 2.07. The molecule has 0 atom stereocenters. The lowest BCUT2D eigenvalue weighted by molar-refractivity contribution is 0.476. The summed E-state index contributed by atoms with van der Waals surface area (Å²) in [7, 11) is 0. The number of phenols is 1. The Morgan fingerprint density at radius 3 is 2.92 bits per heavy atom. The van der Waals surface area contributed by atoms with Crippen LogP contribution in [0.1, 0.15) is 12.5 Å². The maximum absolute atomic E-state index is 9.28. The Hall–Kier alpha value is -0.670. The van der Waals surface area contributed by atoms with Gasteiger partial charge in [0.05, 0.1) is 4.21 Å². The van der Waals surface area contributed by atoms with Crippen LogP contribution < -0.4 is 0 Å². The molecular formula is C10H10OS2. The van der Waals surface area contributed by atoms with E-state index in [1.165, 1.54) is 10.9 Å². The van der Waals surface area contributed by atoms with Crippen LogP contribution in [-0.4, -0.2) is 5.11 Å². The zero-order valence-electron chi connectivity index (χ0n) is 7.24. The van der Waals surface area contributed by atoms with Gasteiger partial charge in [0.1, 0.15) is 5.75 Å². The van der Waals surface area contributed by atoms with E-state index in [-0.39, 0.29) is 0 Å². The summed E-state index contributed by atoms with van der Waals surface area (Å²) in [6.45, 7) is 2.12. The number of aryl methyl sites for hydroxylation is 1. The summed E-state index contributed by atoms with van der Waals surface area (Å²) in [5.74, 6) is 0.324. The van der Waals surface area contributed by atoms with Crippen molar-refractivity contribution in [3.63, 3.8) is 0 Å². The molecule has 0 aliphatic rings. The van der Waals surface area contributed by atoms with Crippen molar-refractivity contribution in [1.82, 2.24) is 0 Å². The molecule has 1 aromatic carbocycles. The van der Waals surface area contributed by atoms with Crippen LogP contribution in [0.2, 0.25) is 0 Å². The normalized spacial score (nSPS) is 10.9. The average Bonchev–Trinajstić information content (AvgIpc) is 2.39. The smallest absolute Gasteiger partial charge is 0.117 e. The standard InChI is InChI=1S/C10H10OS2/c1-2-7-8-4-3-6(11)5-9(8)13-10(7)12/h3-5,11-12H,2H2,1H3. The molecular weight excluding hydrogens is 200 g/mol. The fourth-order valence-electron chi connectivity index (χ4n) is 1.47. The second-order valence-corrected chi connectivity index (χ2v) is 4.72. The van der Waals surface area contributed by atoms with E-state index in [9.17, 15) is 5.11 Å². The van der Waals surface area contributed by atoms with Crippen LogP contribution in [0.4, 0.5) is 0 Å². The Morgan fingerprint density at radius 1 is 1.46 bits per heavy atom. The summed E-state index contributed by atoms with van der Waals surface area (Å²) < 4.78 is 2.17. The van der Waals surface area contributed by atoms with Gasteiger partial charge in [0.2, 0.25) is 0 Å². The topological polar surface area (TPSA) is 20.2 Å². The maximum atomic E-state index is 9.28. The molecule has 0 bridgehead atoms. The van der Waals surface area contributed by atoms with Crippen molar-refractivity contribution in [3.05, 3.63) is 23.8 Å². The third-order valence-corrected chi connectivity index (χ3v) is 3.65. The third kappa shape index (κ3) is 1.42. The summed E-state index contributed by atoms with van der Waals surface area (Å²) in [5, 5.41) is 10.5. The maximum Gasteiger partial charge on any atom is 0.117 e. The Kier molecular flexibility index (Phi) is 2.22. The van der Waals surface area contributed by atoms with Crippen molar-refractivity contribution in [2.75, 3.05) is 0 Å². The van der Waals surface area contributed by atoms with Crippen LogP contribution in [0, 0.1) is 0 Å². The van der Waals surface area contributed by atoms with E-state index in [1.807, 2.05) is 6.07 Å². The predicted molar refractivity (Wildman–Crippen MR) is 60.1 cm³/mol. The molecule has 0 saturated heterocycles. The molecule has 13 heavy (non-hydrogen) atoms. The number of benzene rings is 1. The largest absolute Gasteiger partial charge is 0.508 e. The van der Waals surface area contributed by atoms with Gasteiger partial charge >= 0.3 is 0 Å². The first-order chi connectivity index (χ1) is 6.22. The highest BCUT2D eigenvalue weighted by atomic mass is 32.2. The Morgan fingerprint density at radius 2 is 2.23 bits per heavy atom. The quantitative estimate of drug-likeness (QED) is 0.691. The summed E-state index contributed by atoms with van der Waals surface area (Å²) in [4.78, 5) is 0. The van der Waals surface area contributed by atoms with Crippen molar-refractivity contribution < 1.29 is 5.11 Å². The van der Waals surface area contributed by atoms with Crippen LogP contribution in [0.5, 0.6) is 5.75 Å². The number of hydrogen-bond donors (Lipinski definition) is 2. The van der Waals surface area contributed by atoms with Gasteiger partial charge in [-0.1, -0.05) is 6.92 Å². The fraction of sp³-hybridized carbons (Fsp3) is 0.200. The fourth-order valence-corrected chi connectivity index (χ4v) is 3.11. The summed E-state index contributed by atoms with van der Waals surface area (Å²) in [5.41, 5.74) is 1.28. The van der Waals surface area contributed by atoms with Crippen LogP contribution in [0.25, 0.3) is 10.1 Å². The zero-order chi connectivity index (χ0) is 9.42. The van der Waals surface area contributed by atoms with E-state index >= 15 is 0 Å². The van der Waals surface area contributed by atoms with Gasteiger partial charge in [-0.25, -0.2) is 0 Å². The molecule has 1 nitrogen and oxygen atoms in total. The molecule has 0 radical (unpaired) electrons. The second-order valence-electron chi connectivity index (χ2n) is 2.92. The minimum atomic E-state index is 0.324. The number of phenolic OH excluding ortho intramolecular Hbond substituents is 1. The number of rotatable bonds is 1. The minimum absolute atomic E-state index is 0.324. The first-order valence-corrected chi connectivity index (χ1v) is 5.42. The number of thiophene rings is 1. The monoisotopic (exact) mass is 210 g/mol. The van der Waals surface area contributed by atoms with Crippen molar-refractivity contribution in [3.8, 4) is 5.75 Å². The lowest BCUT2D eigenvalue weighted by Crippen LogP contribution is -1.76. The van der Waals surface area contributed by atoms with Crippen molar-refractivity contribution >= 4 is 34.1 Å². The molecule has 0 amide bonds. The van der Waals surface area contributed by atoms with E-state index in [0.29, 0.717) is 5.75 Å². The zero-order valence-corrected chi connectivity index (χ0v) is 8.95. The van der Waals surface area contributed by atoms with Gasteiger partial charge < -0.3 is 5.11 Å². The molecule has 0 fully saturated rings. The van der Waals surface area contributed by atoms with Gasteiger partial charge in [0.25, 0.3) is 0 Å². The van der Waals surface area contributed by atoms with E-state index in [0.717, 1.165) is 15.3 Å². The first kappa shape index (κ1) is 8.91. The van der Waals surface area contributed by atoms with Crippen LogP contribution in [0.15, 0.2) is 22.4 Å². The van der Waals surface area contributed by atoms with E-state index in [1.54, 1.807) is 23.5 Å². The summed E-state index contributed by atoms with van der Waals surface area (Å²) in [6.07, 6.45) is 0.990. The predicted octanol–water partition coefficient (Wildman–Crippen LogP) is 3.46. The molecule has 0 aliphatic carbocycles. The van der Waals surface area contributed by atoms with Crippen LogP contribution in [0.3, 0.4) is 0 Å². The SMILES string of the molecule is CCc1c(S)sc2cc(O)ccc12. The van der Waals surface area contributed by atoms with Gasteiger partial charge in [-0.05, 0) is 35.6 Å². The van der Waals surface area contributed by atoms with Gasteiger partial charge in [-0.15, -0.1) is 24.0 Å². The van der Waals surface area contributed by atoms with Gasteiger partial charge in [0, 0.05) is 4.70 Å². The lowest BCUT2D eigenvalue weighted by Gasteiger charge is -1.95. The van der Waals surface area contributed by atoms with Crippen LogP contribution in [-0.2, 0) is 6.42 Å². The average molecular weight is 210 g/mol. The molecule has 0 spiro atoms. The molecule has 3 heteroatoms. The van der Waals surface area contributed by atoms with Crippen LogP contribution >= 0.6 is 24.0 Å². The molecule has 2 aromatic rings. The lowest BCUT2D eigenvalue weighted by atomic mass is 10.1. The van der Waals surface area contributed by atoms with Gasteiger partial charge in [-0.2, -0.15) is 0 Å². The Balaban J connectivity index is 2.79. The minimum Gasteiger partial charge on any atom is -0.508 e. The number of fused-ring (bicyclic) bond motifs is 1. The highest BCUT2D eigenvalue weighted by molar-refractivity contribution is 7.83. The molecule has 0 saturated carbocycles.